The van der Waals surface area contributed by atoms with Gasteiger partial charge in [-0.25, -0.2) is 4.98 Å². The first-order chi connectivity index (χ1) is 19.6. The largest absolute Gasteiger partial charge is 0.497 e. The summed E-state index contributed by atoms with van der Waals surface area (Å²) < 4.78 is 19.2. The minimum absolute atomic E-state index is 0.0471. The van der Waals surface area contributed by atoms with Gasteiger partial charge in [0.25, 0.3) is 0 Å². The van der Waals surface area contributed by atoms with Gasteiger partial charge < -0.3 is 23.9 Å². The molecule has 7 nitrogen and oxygen atoms in total. The van der Waals surface area contributed by atoms with Crippen LogP contribution in [0.25, 0.3) is 5.65 Å². The van der Waals surface area contributed by atoms with Crippen molar-refractivity contribution < 1.29 is 19.0 Å². The number of fused-ring (bicyclic) bond motifs is 1. The smallest absolute Gasteiger partial charge is 0.221 e. The summed E-state index contributed by atoms with van der Waals surface area (Å²) in [6.45, 7) is 0.991. The van der Waals surface area contributed by atoms with E-state index in [1.54, 1.807) is 14.2 Å². The van der Waals surface area contributed by atoms with Gasteiger partial charge in [-0.05, 0) is 47.4 Å². The van der Waals surface area contributed by atoms with Crippen LogP contribution in [0, 0.1) is 0 Å². The number of pyridine rings is 1. The molecule has 5 rings (SSSR count). The monoisotopic (exact) mass is 535 g/mol. The zero-order valence-corrected chi connectivity index (χ0v) is 22.7. The second-order valence-corrected chi connectivity index (χ2v) is 9.51. The number of hydrogen-bond acceptors (Lipinski definition) is 5. The van der Waals surface area contributed by atoms with Crippen LogP contribution in [0.15, 0.2) is 103 Å². The molecule has 0 radical (unpaired) electrons. The molecule has 204 valence electrons. The minimum atomic E-state index is -0.305. The number of ether oxygens (including phenoxy) is 3. The van der Waals surface area contributed by atoms with E-state index in [-0.39, 0.29) is 18.2 Å². The number of methoxy groups -OCH3 is 2. The maximum Gasteiger partial charge on any atom is 0.221 e. The summed E-state index contributed by atoms with van der Waals surface area (Å²) in [5, 5.41) is 3.09. The highest BCUT2D eigenvalue weighted by atomic mass is 16.5. The lowest BCUT2D eigenvalue weighted by atomic mass is 9.91. The summed E-state index contributed by atoms with van der Waals surface area (Å²) in [5.74, 6) is 1.63. The quantitative estimate of drug-likeness (QED) is 0.218. The van der Waals surface area contributed by atoms with Crippen LogP contribution in [0.5, 0.6) is 17.2 Å². The molecule has 0 aliphatic heterocycles. The van der Waals surface area contributed by atoms with E-state index in [0.717, 1.165) is 23.2 Å². The topological polar surface area (TPSA) is 74.1 Å². The number of aromatic nitrogens is 2. The van der Waals surface area contributed by atoms with Crippen molar-refractivity contribution in [2.45, 2.75) is 25.4 Å². The molecule has 1 atom stereocenters. The van der Waals surface area contributed by atoms with Crippen molar-refractivity contribution >= 4 is 11.6 Å². The highest BCUT2D eigenvalue weighted by molar-refractivity contribution is 5.77. The van der Waals surface area contributed by atoms with Gasteiger partial charge in [0.15, 0.2) is 11.4 Å². The lowest BCUT2D eigenvalue weighted by molar-refractivity contribution is -0.121. The number of rotatable bonds is 12. The summed E-state index contributed by atoms with van der Waals surface area (Å²) in [4.78, 5) is 18.0. The van der Waals surface area contributed by atoms with Crippen molar-refractivity contribution in [2.75, 3.05) is 20.8 Å². The van der Waals surface area contributed by atoms with Crippen molar-refractivity contribution in [3.63, 3.8) is 0 Å². The highest BCUT2D eigenvalue weighted by Gasteiger charge is 2.24. The SMILES string of the molecule is COc1cc(OC)cc([C@H](CC(=O)NCCc2ccccc2)c2cnc3c(OCc4ccccc4)cccn23)c1. The molecule has 0 aliphatic carbocycles. The van der Waals surface area contributed by atoms with Gasteiger partial charge in [-0.3, -0.25) is 4.79 Å². The first kappa shape index (κ1) is 26.8. The Kier molecular flexibility index (Phi) is 8.61. The lowest BCUT2D eigenvalue weighted by Crippen LogP contribution is -2.27. The second kappa shape index (κ2) is 12.8. The first-order valence-corrected chi connectivity index (χ1v) is 13.3. The Labute approximate surface area is 234 Å². The van der Waals surface area contributed by atoms with Crippen LogP contribution < -0.4 is 19.5 Å². The van der Waals surface area contributed by atoms with Crippen LogP contribution in [-0.4, -0.2) is 36.1 Å². The molecule has 0 bridgehead atoms. The molecule has 0 aliphatic rings. The third-order valence-corrected chi connectivity index (χ3v) is 6.87. The zero-order valence-electron chi connectivity index (χ0n) is 22.7. The van der Waals surface area contributed by atoms with Crippen LogP contribution >= 0.6 is 0 Å². The lowest BCUT2D eigenvalue weighted by Gasteiger charge is -2.19. The minimum Gasteiger partial charge on any atom is -0.497 e. The Hall–Kier alpha value is -4.78. The van der Waals surface area contributed by atoms with Gasteiger partial charge in [-0.15, -0.1) is 0 Å². The average molecular weight is 536 g/mol. The fourth-order valence-electron chi connectivity index (χ4n) is 4.78. The van der Waals surface area contributed by atoms with E-state index in [2.05, 4.69) is 17.4 Å². The van der Waals surface area contributed by atoms with Gasteiger partial charge in [-0.1, -0.05) is 60.7 Å². The predicted molar refractivity (Wildman–Crippen MR) is 155 cm³/mol. The van der Waals surface area contributed by atoms with Crippen LogP contribution in [0.4, 0.5) is 0 Å². The Morgan fingerprint density at radius 3 is 2.23 bits per heavy atom. The van der Waals surface area contributed by atoms with E-state index in [4.69, 9.17) is 19.2 Å². The molecule has 0 spiro atoms. The van der Waals surface area contributed by atoms with Crippen LogP contribution in [0.2, 0.25) is 0 Å². The van der Waals surface area contributed by atoms with Crippen molar-refractivity contribution in [3.05, 3.63) is 126 Å². The molecule has 0 saturated carbocycles. The fourth-order valence-corrected chi connectivity index (χ4v) is 4.78. The van der Waals surface area contributed by atoms with E-state index < -0.39 is 0 Å². The number of nitrogens with one attached hydrogen (secondary N) is 1. The van der Waals surface area contributed by atoms with Crippen molar-refractivity contribution in [1.82, 2.24) is 14.7 Å². The molecule has 0 fully saturated rings. The Morgan fingerprint density at radius 2 is 1.55 bits per heavy atom. The maximum atomic E-state index is 13.3. The van der Waals surface area contributed by atoms with Crippen LogP contribution in [-0.2, 0) is 17.8 Å². The van der Waals surface area contributed by atoms with E-state index >= 15 is 0 Å². The van der Waals surface area contributed by atoms with Gasteiger partial charge in [0.05, 0.1) is 19.9 Å². The summed E-state index contributed by atoms with van der Waals surface area (Å²) in [5.41, 5.74) is 4.71. The summed E-state index contributed by atoms with van der Waals surface area (Å²) in [6, 6.07) is 29.7. The van der Waals surface area contributed by atoms with Gasteiger partial charge in [0.1, 0.15) is 18.1 Å². The van der Waals surface area contributed by atoms with Crippen molar-refractivity contribution in [3.8, 4) is 17.2 Å². The molecular formula is C33H33N3O4. The second-order valence-electron chi connectivity index (χ2n) is 9.51. The normalized spacial score (nSPS) is 11.7. The number of carbonyl (C=O) groups is 1. The Morgan fingerprint density at radius 1 is 0.875 bits per heavy atom. The molecule has 2 heterocycles. The van der Waals surface area contributed by atoms with Gasteiger partial charge >= 0.3 is 0 Å². The molecule has 40 heavy (non-hydrogen) atoms. The zero-order chi connectivity index (χ0) is 27.7. The Bertz CT molecular complexity index is 1530. The number of carbonyl (C=O) groups excluding carboxylic acids is 1. The van der Waals surface area contributed by atoms with E-state index in [1.165, 1.54) is 5.56 Å². The number of hydrogen-bond donors (Lipinski definition) is 1. The molecule has 5 aromatic rings. The van der Waals surface area contributed by atoms with Crippen LogP contribution in [0.3, 0.4) is 0 Å². The van der Waals surface area contributed by atoms with E-state index in [1.807, 2.05) is 95.7 Å². The van der Waals surface area contributed by atoms with Gasteiger partial charge in [0.2, 0.25) is 5.91 Å². The van der Waals surface area contributed by atoms with Gasteiger partial charge in [-0.2, -0.15) is 0 Å². The molecule has 7 heteroatoms. The molecule has 2 aromatic heterocycles. The fraction of sp³-hybridized carbons (Fsp3) is 0.212. The first-order valence-electron chi connectivity index (χ1n) is 13.3. The third kappa shape index (κ3) is 6.43. The predicted octanol–water partition coefficient (Wildman–Crippen LogP) is 5.81. The van der Waals surface area contributed by atoms with Crippen LogP contribution in [0.1, 0.15) is 34.7 Å². The number of benzene rings is 3. The molecule has 1 amide bonds. The Balaban J connectivity index is 1.43. The highest BCUT2D eigenvalue weighted by Crippen LogP contribution is 2.35. The summed E-state index contributed by atoms with van der Waals surface area (Å²) in [7, 11) is 3.24. The third-order valence-electron chi connectivity index (χ3n) is 6.87. The number of nitrogens with zero attached hydrogens (tertiary/aromatic N) is 2. The molecule has 1 N–H and O–H groups in total. The maximum absolute atomic E-state index is 13.3. The summed E-state index contributed by atoms with van der Waals surface area (Å²) >= 11 is 0. The number of imidazole rings is 1. The molecular weight excluding hydrogens is 502 g/mol. The van der Waals surface area contributed by atoms with Crippen molar-refractivity contribution in [2.24, 2.45) is 0 Å². The number of amides is 1. The van der Waals surface area contributed by atoms with E-state index in [0.29, 0.717) is 36.0 Å². The van der Waals surface area contributed by atoms with Gasteiger partial charge in [0, 0.05) is 37.3 Å². The van der Waals surface area contributed by atoms with E-state index in [9.17, 15) is 4.79 Å². The molecule has 0 saturated heterocycles. The molecule has 0 unspecified atom stereocenters. The molecule has 3 aromatic carbocycles. The average Bonchev–Trinajstić information content (AvgIpc) is 3.44. The van der Waals surface area contributed by atoms with Crippen molar-refractivity contribution in [1.29, 1.82) is 0 Å². The summed E-state index contributed by atoms with van der Waals surface area (Å²) in [6.07, 6.45) is 4.76. The standard InChI is InChI=1S/C33H33N3O4/c1-38-27-18-26(19-28(20-27)39-2)29(21-32(37)34-16-15-24-10-5-3-6-11-24)30-22-35-33-31(14-9-17-36(30)33)40-23-25-12-7-4-8-13-25/h3-14,17-20,22,29H,15-16,21,23H2,1-2H3,(H,34,37)/t29-/m0/s1.